The van der Waals surface area contributed by atoms with Gasteiger partial charge >= 0.3 is 11.7 Å². The second-order valence-electron chi connectivity index (χ2n) is 7.11. The fourth-order valence-corrected chi connectivity index (χ4v) is 5.40. The van der Waals surface area contributed by atoms with Crippen molar-refractivity contribution in [1.29, 1.82) is 0 Å². The van der Waals surface area contributed by atoms with Gasteiger partial charge in [0.1, 0.15) is 5.00 Å². The zero-order valence-corrected chi connectivity index (χ0v) is 18.6. The van der Waals surface area contributed by atoms with Crippen molar-refractivity contribution in [3.63, 3.8) is 0 Å². The second kappa shape index (κ2) is 9.49. The fraction of sp³-hybridized carbons (Fsp3) is 0.350. The molecule has 3 heterocycles. The molecule has 0 aromatic carbocycles. The highest BCUT2D eigenvalue weighted by atomic mass is 32.1. The largest absolute Gasteiger partial charge is 0.456 e. The lowest BCUT2D eigenvalue weighted by molar-refractivity contribution is -0.147. The number of fused-ring (bicyclic) bond motifs is 1. The van der Waals surface area contributed by atoms with Gasteiger partial charge in [-0.3, -0.25) is 14.4 Å². The molecule has 3 aromatic rings. The Morgan fingerprint density at radius 1 is 1.28 bits per heavy atom. The molecule has 12 heteroatoms. The van der Waals surface area contributed by atoms with Crippen LogP contribution in [-0.2, 0) is 33.7 Å². The molecule has 2 amide bonds. The molecule has 10 nitrogen and oxygen atoms in total. The average Bonchev–Trinajstić information content (AvgIpc) is 3.48. The molecule has 3 aromatic heterocycles. The highest BCUT2D eigenvalue weighted by molar-refractivity contribution is 7.17. The number of anilines is 1. The van der Waals surface area contributed by atoms with Crippen LogP contribution in [0, 0.1) is 0 Å². The minimum Gasteiger partial charge on any atom is -0.456 e. The number of aromatic nitrogens is 2. The molecular weight excluding hydrogens is 456 g/mol. The van der Waals surface area contributed by atoms with Gasteiger partial charge in [0.05, 0.1) is 23.4 Å². The van der Waals surface area contributed by atoms with E-state index in [0.29, 0.717) is 15.4 Å². The van der Waals surface area contributed by atoms with Gasteiger partial charge in [0.25, 0.3) is 17.7 Å². The molecule has 0 bridgehead atoms. The average molecular weight is 477 g/mol. The van der Waals surface area contributed by atoms with Crippen molar-refractivity contribution in [2.45, 2.75) is 38.6 Å². The second-order valence-corrected chi connectivity index (χ2v) is 9.16. The quantitative estimate of drug-likeness (QED) is 0.474. The molecular formula is C20H20N4O6S2. The topological polar surface area (TPSA) is 147 Å². The van der Waals surface area contributed by atoms with E-state index in [1.165, 1.54) is 22.7 Å². The standard InChI is InChI=1S/C20H20N4O6S2/c21-17(27)16-11-4-1-2-5-12(11)32-19(16)22-14(25)10-29-15(26)7-8-24-20(28)30-18(23-24)13-6-3-9-31-13/h3,6,9H,1-2,4-5,7-8,10H2,(H2,21,27)(H,22,25). The molecule has 4 rings (SSSR count). The first kappa shape index (κ1) is 22.0. The normalized spacial score (nSPS) is 12.9. The van der Waals surface area contributed by atoms with Crippen LogP contribution in [0.25, 0.3) is 10.8 Å². The van der Waals surface area contributed by atoms with Gasteiger partial charge in [-0.1, -0.05) is 6.07 Å². The number of hydrogen-bond donors (Lipinski definition) is 2. The van der Waals surface area contributed by atoms with E-state index in [1.54, 1.807) is 12.1 Å². The Labute approximate surface area is 190 Å². The molecule has 168 valence electrons. The van der Waals surface area contributed by atoms with Gasteiger partial charge in [-0.2, -0.15) is 4.68 Å². The van der Waals surface area contributed by atoms with Crippen LogP contribution >= 0.6 is 22.7 Å². The molecule has 1 aliphatic carbocycles. The summed E-state index contributed by atoms with van der Waals surface area (Å²) in [6.07, 6.45) is 3.44. The lowest BCUT2D eigenvalue weighted by Crippen LogP contribution is -2.24. The number of amides is 2. The maximum atomic E-state index is 12.3. The van der Waals surface area contributed by atoms with Crippen LogP contribution in [0.2, 0.25) is 0 Å². The number of primary amides is 1. The first-order chi connectivity index (χ1) is 15.4. The number of thiophene rings is 2. The lowest BCUT2D eigenvalue weighted by Gasteiger charge is -2.11. The summed E-state index contributed by atoms with van der Waals surface area (Å²) in [7, 11) is 0. The molecule has 0 unspecified atom stereocenters. The van der Waals surface area contributed by atoms with E-state index in [1.807, 2.05) is 5.38 Å². The maximum absolute atomic E-state index is 12.3. The third kappa shape index (κ3) is 4.81. The Morgan fingerprint density at radius 3 is 2.84 bits per heavy atom. The van der Waals surface area contributed by atoms with Crippen LogP contribution in [0.5, 0.6) is 0 Å². The van der Waals surface area contributed by atoms with Gasteiger partial charge in [0, 0.05) is 4.88 Å². The monoisotopic (exact) mass is 476 g/mol. The Hall–Kier alpha value is -3.25. The zero-order chi connectivity index (χ0) is 22.7. The van der Waals surface area contributed by atoms with E-state index in [4.69, 9.17) is 14.9 Å². The summed E-state index contributed by atoms with van der Waals surface area (Å²) in [5.74, 6) is -2.33. The van der Waals surface area contributed by atoms with Crippen molar-refractivity contribution in [2.75, 3.05) is 11.9 Å². The van der Waals surface area contributed by atoms with E-state index in [0.717, 1.165) is 40.8 Å². The third-order valence-electron chi connectivity index (χ3n) is 4.90. The van der Waals surface area contributed by atoms with Gasteiger partial charge in [0.2, 0.25) is 0 Å². The number of ether oxygens (including phenoxy) is 1. The van der Waals surface area contributed by atoms with Gasteiger partial charge in [-0.25, -0.2) is 4.79 Å². The summed E-state index contributed by atoms with van der Waals surface area (Å²) < 4.78 is 11.1. The van der Waals surface area contributed by atoms with Crippen molar-refractivity contribution in [3.05, 3.63) is 44.1 Å². The molecule has 0 spiro atoms. The highest BCUT2D eigenvalue weighted by Crippen LogP contribution is 2.37. The van der Waals surface area contributed by atoms with Crippen LogP contribution in [0.1, 0.15) is 40.1 Å². The van der Waals surface area contributed by atoms with Crippen molar-refractivity contribution < 1.29 is 23.5 Å². The maximum Gasteiger partial charge on any atom is 0.437 e. The highest BCUT2D eigenvalue weighted by Gasteiger charge is 2.25. The van der Waals surface area contributed by atoms with E-state index >= 15 is 0 Å². The molecule has 0 aliphatic heterocycles. The Kier molecular flexibility index (Phi) is 6.51. The minimum atomic E-state index is -0.681. The van der Waals surface area contributed by atoms with E-state index in [2.05, 4.69) is 10.4 Å². The third-order valence-corrected chi connectivity index (χ3v) is 6.97. The summed E-state index contributed by atoms with van der Waals surface area (Å²) in [5, 5.41) is 8.90. The minimum absolute atomic E-state index is 0.0440. The van der Waals surface area contributed by atoms with E-state index in [-0.39, 0.29) is 18.9 Å². The smallest absolute Gasteiger partial charge is 0.437 e. The van der Waals surface area contributed by atoms with Crippen LogP contribution in [0.15, 0.2) is 26.7 Å². The first-order valence-corrected chi connectivity index (χ1v) is 11.6. The predicted octanol–water partition coefficient (Wildman–Crippen LogP) is 2.18. The summed E-state index contributed by atoms with van der Waals surface area (Å²) in [6, 6.07) is 3.57. The molecule has 0 radical (unpaired) electrons. The Balaban J connectivity index is 1.30. The summed E-state index contributed by atoms with van der Waals surface area (Å²) >= 11 is 2.71. The molecule has 3 N–H and O–H groups in total. The number of nitrogens with two attached hydrogens (primary N) is 1. The Morgan fingerprint density at radius 2 is 2.09 bits per heavy atom. The number of nitrogens with one attached hydrogen (secondary N) is 1. The number of carbonyl (C=O) groups excluding carboxylic acids is 3. The summed E-state index contributed by atoms with van der Waals surface area (Å²) in [4.78, 5) is 49.8. The molecule has 32 heavy (non-hydrogen) atoms. The zero-order valence-electron chi connectivity index (χ0n) is 16.9. The lowest BCUT2D eigenvalue weighted by atomic mass is 9.95. The van der Waals surface area contributed by atoms with Crippen LogP contribution in [0.3, 0.4) is 0 Å². The Bertz CT molecular complexity index is 1210. The van der Waals surface area contributed by atoms with Gasteiger partial charge in [-0.05, 0) is 42.7 Å². The molecule has 0 saturated heterocycles. The van der Waals surface area contributed by atoms with Crippen molar-refractivity contribution in [1.82, 2.24) is 9.78 Å². The predicted molar refractivity (Wildman–Crippen MR) is 118 cm³/mol. The number of carbonyl (C=O) groups is 3. The van der Waals surface area contributed by atoms with Gasteiger partial charge in [-0.15, -0.1) is 27.8 Å². The molecule has 1 aliphatic rings. The van der Waals surface area contributed by atoms with E-state index in [9.17, 15) is 19.2 Å². The van der Waals surface area contributed by atoms with Gasteiger partial charge < -0.3 is 20.2 Å². The van der Waals surface area contributed by atoms with Crippen LogP contribution in [0.4, 0.5) is 5.00 Å². The first-order valence-electron chi connectivity index (χ1n) is 9.94. The number of esters is 1. The SMILES string of the molecule is NC(=O)c1c(NC(=O)COC(=O)CCn2nc(-c3cccs3)oc2=O)sc2c1CCCC2. The number of aryl methyl sites for hydroxylation is 2. The summed E-state index contributed by atoms with van der Waals surface area (Å²) in [5.41, 5.74) is 6.76. The van der Waals surface area contributed by atoms with Crippen molar-refractivity contribution in [2.24, 2.45) is 5.73 Å². The van der Waals surface area contributed by atoms with Crippen molar-refractivity contribution in [3.8, 4) is 10.8 Å². The molecule has 0 atom stereocenters. The van der Waals surface area contributed by atoms with Crippen molar-refractivity contribution >= 4 is 45.5 Å². The van der Waals surface area contributed by atoms with E-state index < -0.39 is 30.1 Å². The molecule has 0 saturated carbocycles. The molecule has 0 fully saturated rings. The number of rotatable bonds is 8. The summed E-state index contributed by atoms with van der Waals surface area (Å²) in [6.45, 7) is -0.564. The number of nitrogens with zero attached hydrogens (tertiary/aromatic N) is 2. The van der Waals surface area contributed by atoms with Crippen LogP contribution < -0.4 is 16.8 Å². The number of hydrogen-bond acceptors (Lipinski definition) is 9. The van der Waals surface area contributed by atoms with Crippen LogP contribution in [-0.4, -0.2) is 34.2 Å². The fourth-order valence-electron chi connectivity index (χ4n) is 3.44. The van der Waals surface area contributed by atoms with Gasteiger partial charge in [0.15, 0.2) is 6.61 Å².